The Morgan fingerprint density at radius 3 is 2.50 bits per heavy atom. The van der Waals surface area contributed by atoms with Crippen molar-refractivity contribution in [3.8, 4) is 12.1 Å². The first-order chi connectivity index (χ1) is 9.76. The third kappa shape index (κ3) is 3.50. The lowest BCUT2D eigenvalue weighted by Crippen LogP contribution is -2.39. The Morgan fingerprint density at radius 1 is 1.20 bits per heavy atom. The first kappa shape index (κ1) is 14.4. The average molecular weight is 268 g/mol. The lowest BCUT2D eigenvalue weighted by Gasteiger charge is -2.32. The van der Waals surface area contributed by atoms with E-state index in [4.69, 9.17) is 10.5 Å². The molecule has 1 fully saturated rings. The molecule has 1 aliphatic heterocycles. The molecule has 0 spiro atoms. The van der Waals surface area contributed by atoms with Gasteiger partial charge in [-0.3, -0.25) is 0 Å². The molecule has 1 aromatic carbocycles. The van der Waals surface area contributed by atoms with E-state index in [0.717, 1.165) is 31.6 Å². The van der Waals surface area contributed by atoms with Crippen LogP contribution in [0.3, 0.4) is 0 Å². The first-order valence-electron chi connectivity index (χ1n) is 7.20. The second-order valence-electron chi connectivity index (χ2n) is 5.24. The van der Waals surface area contributed by atoms with Crippen LogP contribution in [0.4, 0.5) is 5.69 Å². The number of hydrogen-bond acceptors (Lipinski definition) is 4. The molecule has 0 aromatic heterocycles. The quantitative estimate of drug-likeness (QED) is 0.912. The highest BCUT2D eigenvalue weighted by atomic mass is 15.1. The fourth-order valence-electron chi connectivity index (χ4n) is 2.68. The highest BCUT2D eigenvalue weighted by Gasteiger charge is 2.18. The van der Waals surface area contributed by atoms with E-state index in [0.29, 0.717) is 17.2 Å². The highest BCUT2D eigenvalue weighted by Crippen LogP contribution is 2.19. The monoisotopic (exact) mass is 268 g/mol. The molecular weight excluding hydrogens is 248 g/mol. The van der Waals surface area contributed by atoms with Gasteiger partial charge in [0.15, 0.2) is 0 Å². The number of hydrogen-bond donors (Lipinski definition) is 1. The molecule has 2 rings (SSSR count). The molecule has 0 amide bonds. The molecule has 0 aliphatic carbocycles. The van der Waals surface area contributed by atoms with Gasteiger partial charge in [-0.15, -0.1) is 0 Å². The molecule has 1 aromatic rings. The molecule has 1 saturated heterocycles. The molecule has 0 bridgehead atoms. The number of anilines is 1. The summed E-state index contributed by atoms with van der Waals surface area (Å²) in [4.78, 5) is 2.50. The van der Waals surface area contributed by atoms with Crippen molar-refractivity contribution in [3.05, 3.63) is 29.3 Å². The van der Waals surface area contributed by atoms with Gasteiger partial charge in [0, 0.05) is 24.8 Å². The Balaban J connectivity index is 1.95. The van der Waals surface area contributed by atoms with Crippen LogP contribution in [0.2, 0.25) is 0 Å². The number of benzene rings is 1. The second-order valence-corrected chi connectivity index (χ2v) is 5.24. The van der Waals surface area contributed by atoms with Crippen LogP contribution in [0.1, 0.15) is 37.3 Å². The lowest BCUT2D eigenvalue weighted by atomic mass is 10.0. The number of nitrogens with one attached hydrogen (secondary N) is 1. The van der Waals surface area contributed by atoms with Gasteiger partial charge in [-0.1, -0.05) is 6.92 Å². The third-order valence-electron chi connectivity index (χ3n) is 3.76. The number of rotatable bonds is 4. The summed E-state index contributed by atoms with van der Waals surface area (Å²) in [5.74, 6) is 0. The zero-order chi connectivity index (χ0) is 14.4. The largest absolute Gasteiger partial charge is 0.382 e. The smallest absolute Gasteiger partial charge is 0.101 e. The topological polar surface area (TPSA) is 62.9 Å². The van der Waals surface area contributed by atoms with Crippen LogP contribution in [0.15, 0.2) is 18.2 Å². The van der Waals surface area contributed by atoms with Gasteiger partial charge < -0.3 is 10.2 Å². The number of nitrogens with zero attached hydrogens (tertiary/aromatic N) is 3. The Kier molecular flexibility index (Phi) is 4.98. The van der Waals surface area contributed by atoms with Gasteiger partial charge in [-0.05, 0) is 44.0 Å². The zero-order valence-corrected chi connectivity index (χ0v) is 11.9. The standard InChI is InChI=1S/C16H20N4/c1-2-7-20-8-5-15(6-9-20)19-16-4-3-13(11-17)14(10-16)12-18/h3-4,10,15,19H,2,5-9H2,1H3. The van der Waals surface area contributed by atoms with Crippen molar-refractivity contribution in [1.82, 2.24) is 4.90 Å². The SMILES string of the molecule is CCCN1CCC(Nc2ccc(C#N)c(C#N)c2)CC1. The fourth-order valence-corrected chi connectivity index (χ4v) is 2.68. The summed E-state index contributed by atoms with van der Waals surface area (Å²) in [5, 5.41) is 21.4. The molecule has 1 heterocycles. The molecule has 1 aliphatic rings. The predicted octanol–water partition coefficient (Wildman–Crippen LogP) is 2.72. The number of likely N-dealkylation sites (tertiary alicyclic amines) is 1. The number of nitriles is 2. The molecule has 0 radical (unpaired) electrons. The Hall–Kier alpha value is -2.04. The van der Waals surface area contributed by atoms with Crippen molar-refractivity contribution in [3.63, 3.8) is 0 Å². The Bertz CT molecular complexity index is 530. The Morgan fingerprint density at radius 2 is 1.90 bits per heavy atom. The second kappa shape index (κ2) is 6.93. The maximum absolute atomic E-state index is 9.04. The van der Waals surface area contributed by atoms with E-state index in [-0.39, 0.29) is 0 Å². The summed E-state index contributed by atoms with van der Waals surface area (Å²) in [7, 11) is 0. The minimum absolute atomic E-state index is 0.441. The van der Waals surface area contributed by atoms with Crippen molar-refractivity contribution >= 4 is 5.69 Å². The average Bonchev–Trinajstić information content (AvgIpc) is 2.49. The highest BCUT2D eigenvalue weighted by molar-refractivity contribution is 5.56. The van der Waals surface area contributed by atoms with E-state index in [1.165, 1.54) is 13.0 Å². The minimum Gasteiger partial charge on any atom is -0.382 e. The molecular formula is C16H20N4. The molecule has 4 nitrogen and oxygen atoms in total. The van der Waals surface area contributed by atoms with Crippen LogP contribution in [0.25, 0.3) is 0 Å². The van der Waals surface area contributed by atoms with Gasteiger partial charge >= 0.3 is 0 Å². The van der Waals surface area contributed by atoms with Gasteiger partial charge in [-0.25, -0.2) is 0 Å². The van der Waals surface area contributed by atoms with E-state index < -0.39 is 0 Å². The summed E-state index contributed by atoms with van der Waals surface area (Å²) >= 11 is 0. The molecule has 1 N–H and O–H groups in total. The maximum atomic E-state index is 9.04. The fraction of sp³-hybridized carbons (Fsp3) is 0.500. The van der Waals surface area contributed by atoms with E-state index >= 15 is 0 Å². The molecule has 0 atom stereocenters. The maximum Gasteiger partial charge on any atom is 0.101 e. The first-order valence-corrected chi connectivity index (χ1v) is 7.20. The third-order valence-corrected chi connectivity index (χ3v) is 3.76. The van der Waals surface area contributed by atoms with E-state index in [2.05, 4.69) is 23.2 Å². The van der Waals surface area contributed by atoms with Gasteiger partial charge in [0.05, 0.1) is 11.1 Å². The van der Waals surface area contributed by atoms with Gasteiger partial charge in [-0.2, -0.15) is 10.5 Å². The van der Waals surface area contributed by atoms with Gasteiger partial charge in [0.25, 0.3) is 0 Å². The van der Waals surface area contributed by atoms with Crippen LogP contribution in [0.5, 0.6) is 0 Å². The van der Waals surface area contributed by atoms with E-state index in [9.17, 15) is 0 Å². The Labute approximate surface area is 120 Å². The van der Waals surface area contributed by atoms with Crippen molar-refractivity contribution in [2.75, 3.05) is 25.0 Å². The van der Waals surface area contributed by atoms with Crippen LogP contribution in [0, 0.1) is 22.7 Å². The van der Waals surface area contributed by atoms with Crippen LogP contribution < -0.4 is 5.32 Å². The summed E-state index contributed by atoms with van der Waals surface area (Å²) < 4.78 is 0. The van der Waals surface area contributed by atoms with Crippen LogP contribution in [-0.2, 0) is 0 Å². The van der Waals surface area contributed by atoms with E-state index in [1.807, 2.05) is 12.1 Å². The summed E-state index contributed by atoms with van der Waals surface area (Å²) in [5.41, 5.74) is 1.83. The van der Waals surface area contributed by atoms with Crippen molar-refractivity contribution in [2.24, 2.45) is 0 Å². The molecule has 104 valence electrons. The minimum atomic E-state index is 0.441. The van der Waals surface area contributed by atoms with Crippen molar-refractivity contribution in [1.29, 1.82) is 10.5 Å². The van der Waals surface area contributed by atoms with Crippen LogP contribution in [-0.4, -0.2) is 30.6 Å². The van der Waals surface area contributed by atoms with E-state index in [1.54, 1.807) is 12.1 Å². The molecule has 0 unspecified atom stereocenters. The van der Waals surface area contributed by atoms with Gasteiger partial charge in [0.1, 0.15) is 12.1 Å². The van der Waals surface area contributed by atoms with Crippen LogP contribution >= 0.6 is 0 Å². The van der Waals surface area contributed by atoms with Gasteiger partial charge in [0.2, 0.25) is 0 Å². The zero-order valence-electron chi connectivity index (χ0n) is 11.9. The normalized spacial score (nSPS) is 16.4. The number of piperidine rings is 1. The molecule has 20 heavy (non-hydrogen) atoms. The van der Waals surface area contributed by atoms with Crippen molar-refractivity contribution < 1.29 is 0 Å². The summed E-state index contributed by atoms with van der Waals surface area (Å²) in [6.45, 7) is 5.66. The molecule has 4 heteroatoms. The van der Waals surface area contributed by atoms with Crippen molar-refractivity contribution in [2.45, 2.75) is 32.2 Å². The molecule has 0 saturated carbocycles. The predicted molar refractivity (Wildman–Crippen MR) is 79.2 cm³/mol. The summed E-state index contributed by atoms with van der Waals surface area (Å²) in [6.07, 6.45) is 3.46. The lowest BCUT2D eigenvalue weighted by molar-refractivity contribution is 0.219. The summed E-state index contributed by atoms with van der Waals surface area (Å²) in [6, 6.07) is 9.96.